The zero-order valence-electron chi connectivity index (χ0n) is 13.0. The number of carbonyl (C=O) groups excluding carboxylic acids is 1. The van der Waals surface area contributed by atoms with Gasteiger partial charge in [-0.1, -0.05) is 6.92 Å². The average Bonchev–Trinajstić information content (AvgIpc) is 3.23. The number of hydrogen-bond acceptors (Lipinski definition) is 6. The molecule has 0 spiro atoms. The van der Waals surface area contributed by atoms with Crippen LogP contribution in [0.4, 0.5) is 4.39 Å². The van der Waals surface area contributed by atoms with Crippen LogP contribution in [0.15, 0.2) is 40.8 Å². The summed E-state index contributed by atoms with van der Waals surface area (Å²) in [6, 6.07) is 8.93. The number of hydrogen-bond donors (Lipinski definition) is 0. The van der Waals surface area contributed by atoms with Crippen LogP contribution < -0.4 is 0 Å². The van der Waals surface area contributed by atoms with E-state index in [0.717, 1.165) is 6.42 Å². The predicted molar refractivity (Wildman–Crippen MR) is 81.3 cm³/mol. The maximum Gasteiger partial charge on any atom is 0.374 e. The van der Waals surface area contributed by atoms with Crippen LogP contribution in [0.2, 0.25) is 0 Å². The van der Waals surface area contributed by atoms with E-state index in [2.05, 4.69) is 15.5 Å². The Kier molecular flexibility index (Phi) is 4.64. The smallest absolute Gasteiger partial charge is 0.374 e. The van der Waals surface area contributed by atoms with Crippen molar-refractivity contribution in [2.75, 3.05) is 0 Å². The second-order valence-corrected chi connectivity index (χ2v) is 5.07. The average molecular weight is 330 g/mol. The highest BCUT2D eigenvalue weighted by Gasteiger charge is 2.15. The van der Waals surface area contributed by atoms with Crippen molar-refractivity contribution in [2.24, 2.45) is 0 Å². The molecule has 0 amide bonds. The highest BCUT2D eigenvalue weighted by atomic mass is 19.1. The van der Waals surface area contributed by atoms with E-state index in [1.807, 2.05) is 6.92 Å². The van der Waals surface area contributed by atoms with Crippen LogP contribution in [0.1, 0.15) is 29.7 Å². The highest BCUT2D eigenvalue weighted by molar-refractivity contribution is 5.87. The Bertz CT molecular complexity index is 826. The first-order valence-electron chi connectivity index (χ1n) is 7.45. The fraction of sp³-hybridized carbons (Fsp3) is 0.250. The molecule has 0 unspecified atom stereocenters. The lowest BCUT2D eigenvalue weighted by molar-refractivity contribution is 0.0421. The Labute approximate surface area is 137 Å². The Balaban J connectivity index is 1.65. The molecule has 0 N–H and O–H groups in total. The molecule has 2 heterocycles. The normalized spacial score (nSPS) is 10.8. The molecule has 0 aliphatic heterocycles. The standard InChI is InChI=1S/C16H15FN4O3/c1-2-9-21-15(18-19-20-21)10-23-16(22)14-8-7-13(24-14)11-3-5-12(17)6-4-11/h3-8H,2,9-10H2,1H3. The molecule has 2 aromatic heterocycles. The van der Waals surface area contributed by atoms with E-state index in [1.54, 1.807) is 22.9 Å². The molecule has 0 fully saturated rings. The Morgan fingerprint density at radius 3 is 2.79 bits per heavy atom. The quantitative estimate of drug-likeness (QED) is 0.646. The molecule has 0 aliphatic carbocycles. The van der Waals surface area contributed by atoms with Crippen LogP contribution >= 0.6 is 0 Å². The maximum absolute atomic E-state index is 12.9. The lowest BCUT2D eigenvalue weighted by atomic mass is 10.2. The molecule has 124 valence electrons. The largest absolute Gasteiger partial charge is 0.452 e. The van der Waals surface area contributed by atoms with Gasteiger partial charge in [-0.3, -0.25) is 0 Å². The van der Waals surface area contributed by atoms with Crippen LogP contribution in [-0.4, -0.2) is 26.2 Å². The minimum Gasteiger partial charge on any atom is -0.452 e. The van der Waals surface area contributed by atoms with Crippen molar-refractivity contribution in [3.63, 3.8) is 0 Å². The molecule has 3 rings (SSSR count). The SMILES string of the molecule is CCCn1nnnc1COC(=O)c1ccc(-c2ccc(F)cc2)o1. The van der Waals surface area contributed by atoms with E-state index in [1.165, 1.54) is 18.2 Å². The van der Waals surface area contributed by atoms with E-state index in [9.17, 15) is 9.18 Å². The number of ether oxygens (including phenoxy) is 1. The second kappa shape index (κ2) is 7.03. The van der Waals surface area contributed by atoms with Crippen LogP contribution in [-0.2, 0) is 17.9 Å². The molecule has 8 heteroatoms. The Hall–Kier alpha value is -3.03. The molecule has 0 bridgehead atoms. The van der Waals surface area contributed by atoms with Gasteiger partial charge in [0.2, 0.25) is 5.76 Å². The van der Waals surface area contributed by atoms with Crippen LogP contribution in [0.25, 0.3) is 11.3 Å². The molecule has 0 saturated heterocycles. The highest BCUT2D eigenvalue weighted by Crippen LogP contribution is 2.23. The van der Waals surface area contributed by atoms with Crippen LogP contribution in [0.3, 0.4) is 0 Å². The van der Waals surface area contributed by atoms with Gasteiger partial charge in [0.25, 0.3) is 0 Å². The van der Waals surface area contributed by atoms with Crippen LogP contribution in [0.5, 0.6) is 0 Å². The summed E-state index contributed by atoms with van der Waals surface area (Å²) in [5, 5.41) is 11.2. The molecular weight excluding hydrogens is 315 g/mol. The van der Waals surface area contributed by atoms with Gasteiger partial charge in [-0.25, -0.2) is 13.9 Å². The molecular formula is C16H15FN4O3. The fourth-order valence-corrected chi connectivity index (χ4v) is 2.13. The summed E-state index contributed by atoms with van der Waals surface area (Å²) in [6.45, 7) is 2.60. The summed E-state index contributed by atoms with van der Waals surface area (Å²) in [5.74, 6) is 0.0290. The van der Waals surface area contributed by atoms with Crippen LogP contribution in [0, 0.1) is 5.82 Å². The third-order valence-electron chi connectivity index (χ3n) is 3.31. The summed E-state index contributed by atoms with van der Waals surface area (Å²) < 4.78 is 25.2. The number of tetrazole rings is 1. The molecule has 0 saturated carbocycles. The van der Waals surface area contributed by atoms with Crippen molar-refractivity contribution in [2.45, 2.75) is 26.5 Å². The molecule has 24 heavy (non-hydrogen) atoms. The zero-order valence-corrected chi connectivity index (χ0v) is 13.0. The van der Waals surface area contributed by atoms with Gasteiger partial charge < -0.3 is 9.15 Å². The molecule has 7 nitrogen and oxygen atoms in total. The van der Waals surface area contributed by atoms with Crippen molar-refractivity contribution in [3.05, 3.63) is 53.8 Å². The maximum atomic E-state index is 12.9. The van der Waals surface area contributed by atoms with Crippen molar-refractivity contribution in [1.29, 1.82) is 0 Å². The van der Waals surface area contributed by atoms with Gasteiger partial charge >= 0.3 is 5.97 Å². The van der Waals surface area contributed by atoms with Gasteiger partial charge in [-0.05, 0) is 53.2 Å². The number of aromatic nitrogens is 4. The number of esters is 1. The third kappa shape index (κ3) is 3.48. The fourth-order valence-electron chi connectivity index (χ4n) is 2.13. The van der Waals surface area contributed by atoms with Crippen molar-refractivity contribution in [1.82, 2.24) is 20.2 Å². The monoisotopic (exact) mass is 330 g/mol. The number of carbonyl (C=O) groups is 1. The number of benzene rings is 1. The summed E-state index contributed by atoms with van der Waals surface area (Å²) in [4.78, 5) is 12.1. The minimum atomic E-state index is -0.616. The van der Waals surface area contributed by atoms with Crippen molar-refractivity contribution in [3.8, 4) is 11.3 Å². The molecule has 0 atom stereocenters. The minimum absolute atomic E-state index is 0.0432. The lowest BCUT2D eigenvalue weighted by Gasteiger charge is -2.03. The van der Waals surface area contributed by atoms with E-state index in [4.69, 9.17) is 9.15 Å². The van der Waals surface area contributed by atoms with Crippen molar-refractivity contribution >= 4 is 5.97 Å². The van der Waals surface area contributed by atoms with Gasteiger partial charge in [-0.2, -0.15) is 0 Å². The summed E-state index contributed by atoms with van der Waals surface area (Å²) in [6.07, 6.45) is 0.866. The molecule has 1 aromatic carbocycles. The third-order valence-corrected chi connectivity index (χ3v) is 3.31. The molecule has 3 aromatic rings. The lowest BCUT2D eigenvalue weighted by Crippen LogP contribution is -2.10. The Morgan fingerprint density at radius 1 is 1.25 bits per heavy atom. The topological polar surface area (TPSA) is 83.0 Å². The number of halogens is 1. The number of rotatable bonds is 6. The summed E-state index contributed by atoms with van der Waals surface area (Å²) >= 11 is 0. The molecule has 0 aliphatic rings. The Morgan fingerprint density at radius 2 is 2.04 bits per heavy atom. The summed E-state index contributed by atoms with van der Waals surface area (Å²) in [7, 11) is 0. The number of aryl methyl sites for hydroxylation is 1. The predicted octanol–water partition coefficient (Wildman–Crippen LogP) is 2.84. The van der Waals surface area contributed by atoms with Gasteiger partial charge in [0.1, 0.15) is 11.6 Å². The first-order valence-corrected chi connectivity index (χ1v) is 7.45. The van der Waals surface area contributed by atoms with Gasteiger partial charge in [0, 0.05) is 12.1 Å². The number of furan rings is 1. The van der Waals surface area contributed by atoms with Gasteiger partial charge in [-0.15, -0.1) is 5.10 Å². The summed E-state index contributed by atoms with van der Waals surface area (Å²) in [5.41, 5.74) is 0.669. The van der Waals surface area contributed by atoms with E-state index in [0.29, 0.717) is 23.7 Å². The van der Waals surface area contributed by atoms with E-state index >= 15 is 0 Å². The van der Waals surface area contributed by atoms with Gasteiger partial charge in [0.05, 0.1) is 0 Å². The first-order chi connectivity index (χ1) is 11.7. The van der Waals surface area contributed by atoms with Gasteiger partial charge in [0.15, 0.2) is 12.4 Å². The number of nitrogens with zero attached hydrogens (tertiary/aromatic N) is 4. The first kappa shape index (κ1) is 15.9. The van der Waals surface area contributed by atoms with Crippen molar-refractivity contribution < 1.29 is 18.3 Å². The second-order valence-electron chi connectivity index (χ2n) is 5.07. The molecule has 0 radical (unpaired) electrons. The zero-order chi connectivity index (χ0) is 16.9. The van der Waals surface area contributed by atoms with E-state index < -0.39 is 5.97 Å². The van der Waals surface area contributed by atoms with E-state index in [-0.39, 0.29) is 18.2 Å².